The number of hydrogen-bond donors (Lipinski definition) is 0. The second-order valence-corrected chi connectivity index (χ2v) is 3.27. The second kappa shape index (κ2) is 4.41. The van der Waals surface area contributed by atoms with Crippen molar-refractivity contribution in [2.75, 3.05) is 0 Å². The molecule has 0 atom stereocenters. The van der Waals surface area contributed by atoms with Gasteiger partial charge >= 0.3 is 0 Å². The topological polar surface area (TPSA) is 86.7 Å². The molecule has 0 aliphatic rings. The Morgan fingerprint density at radius 1 is 1.50 bits per heavy atom. The van der Waals surface area contributed by atoms with Crippen LogP contribution < -0.4 is 5.56 Å². The van der Waals surface area contributed by atoms with Gasteiger partial charge < -0.3 is 0 Å². The highest BCUT2D eigenvalue weighted by Gasteiger charge is 2.13. The Bertz CT molecular complexity index is 585. The number of carbonyl (C=O) groups is 1. The van der Waals surface area contributed by atoms with Crippen LogP contribution in [-0.2, 0) is 6.54 Å². The van der Waals surface area contributed by atoms with Gasteiger partial charge in [0.25, 0.3) is 5.56 Å². The summed E-state index contributed by atoms with van der Waals surface area (Å²) in [6.45, 7) is 2.77. The third-order valence-electron chi connectivity index (χ3n) is 2.29. The molecule has 0 saturated carbocycles. The van der Waals surface area contributed by atoms with Gasteiger partial charge in [0.05, 0.1) is 6.07 Å². The van der Waals surface area contributed by atoms with E-state index in [4.69, 9.17) is 10.5 Å². The van der Waals surface area contributed by atoms with E-state index in [1.807, 2.05) is 6.07 Å². The average Bonchev–Trinajstić information content (AvgIpc) is 2.24. The molecule has 1 aromatic rings. The Balaban J connectivity index is 3.68. The maximum Gasteiger partial charge on any atom is 0.269 e. The van der Waals surface area contributed by atoms with E-state index in [1.54, 1.807) is 13.0 Å². The number of rotatable bonds is 2. The van der Waals surface area contributed by atoms with Crippen LogP contribution in [-0.4, -0.2) is 10.4 Å². The zero-order chi connectivity index (χ0) is 12.3. The SMILES string of the molecule is CC(=O)c1cc(C#N)c(=O)n(CC#N)c1C. The number of Topliss-reactive ketones (excluding diaryl/α,β-unsaturated/α-hetero) is 1. The molecule has 0 radical (unpaired) electrons. The van der Waals surface area contributed by atoms with Crippen LogP contribution in [0.2, 0.25) is 0 Å². The van der Waals surface area contributed by atoms with Crippen LogP contribution in [0.5, 0.6) is 0 Å². The molecule has 0 saturated heterocycles. The molecule has 5 nitrogen and oxygen atoms in total. The van der Waals surface area contributed by atoms with Gasteiger partial charge in [-0.15, -0.1) is 0 Å². The van der Waals surface area contributed by atoms with Gasteiger partial charge in [0.2, 0.25) is 0 Å². The summed E-state index contributed by atoms with van der Waals surface area (Å²) in [5.74, 6) is -0.235. The molecule has 5 heteroatoms. The van der Waals surface area contributed by atoms with Crippen LogP contribution in [0.15, 0.2) is 10.9 Å². The number of hydrogen-bond acceptors (Lipinski definition) is 4. The summed E-state index contributed by atoms with van der Waals surface area (Å²) in [6.07, 6.45) is 0. The van der Waals surface area contributed by atoms with E-state index in [2.05, 4.69) is 0 Å². The van der Waals surface area contributed by atoms with Gasteiger partial charge in [-0.3, -0.25) is 14.2 Å². The third kappa shape index (κ3) is 1.84. The van der Waals surface area contributed by atoms with Crippen LogP contribution >= 0.6 is 0 Å². The molecule has 80 valence electrons. The van der Waals surface area contributed by atoms with Crippen LogP contribution in [0.3, 0.4) is 0 Å². The van der Waals surface area contributed by atoms with Crippen molar-refractivity contribution in [1.29, 1.82) is 10.5 Å². The van der Waals surface area contributed by atoms with Crippen molar-refractivity contribution < 1.29 is 4.79 Å². The first kappa shape index (κ1) is 11.7. The van der Waals surface area contributed by atoms with E-state index in [-0.39, 0.29) is 17.9 Å². The van der Waals surface area contributed by atoms with E-state index in [9.17, 15) is 9.59 Å². The van der Waals surface area contributed by atoms with Crippen molar-refractivity contribution in [1.82, 2.24) is 4.57 Å². The Morgan fingerprint density at radius 3 is 2.56 bits per heavy atom. The fourth-order valence-corrected chi connectivity index (χ4v) is 1.45. The number of pyridine rings is 1. The molecule has 1 heterocycles. The fraction of sp³-hybridized carbons (Fsp3) is 0.273. The molecule has 0 unspecified atom stereocenters. The normalized spacial score (nSPS) is 9.25. The van der Waals surface area contributed by atoms with Crippen molar-refractivity contribution in [3.8, 4) is 12.1 Å². The third-order valence-corrected chi connectivity index (χ3v) is 2.29. The molecule has 0 N–H and O–H groups in total. The van der Waals surface area contributed by atoms with Crippen LogP contribution in [0, 0.1) is 29.6 Å². The molecule has 16 heavy (non-hydrogen) atoms. The Hall–Kier alpha value is -2.40. The van der Waals surface area contributed by atoms with E-state index in [1.165, 1.54) is 13.0 Å². The maximum atomic E-state index is 11.7. The first-order valence-corrected chi connectivity index (χ1v) is 4.55. The van der Waals surface area contributed by atoms with Gasteiger partial charge in [0.15, 0.2) is 5.78 Å². The van der Waals surface area contributed by atoms with Gasteiger partial charge in [-0.1, -0.05) is 0 Å². The summed E-state index contributed by atoms with van der Waals surface area (Å²) < 4.78 is 1.13. The lowest BCUT2D eigenvalue weighted by atomic mass is 10.1. The minimum absolute atomic E-state index is 0.119. The van der Waals surface area contributed by atoms with E-state index in [0.717, 1.165) is 4.57 Å². The predicted molar refractivity (Wildman–Crippen MR) is 55.8 cm³/mol. The number of carbonyl (C=O) groups excluding carboxylic acids is 1. The molecule has 0 bridgehead atoms. The van der Waals surface area contributed by atoms with Crippen molar-refractivity contribution in [3.05, 3.63) is 33.2 Å². The molecular formula is C11H9N3O2. The predicted octanol–water partition coefficient (Wildman–Crippen LogP) is 0.755. The zero-order valence-electron chi connectivity index (χ0n) is 8.94. The molecule has 0 aliphatic carbocycles. The molecule has 0 fully saturated rings. The first-order valence-electron chi connectivity index (χ1n) is 4.55. The fourth-order valence-electron chi connectivity index (χ4n) is 1.45. The van der Waals surface area contributed by atoms with Gasteiger partial charge in [0, 0.05) is 11.3 Å². The number of nitrogens with zero attached hydrogens (tertiary/aromatic N) is 3. The van der Waals surface area contributed by atoms with E-state index >= 15 is 0 Å². The molecule has 1 rings (SSSR count). The van der Waals surface area contributed by atoms with Crippen molar-refractivity contribution in [2.45, 2.75) is 20.4 Å². The quantitative estimate of drug-likeness (QED) is 0.681. The Kier molecular flexibility index (Phi) is 3.22. The van der Waals surface area contributed by atoms with Crippen molar-refractivity contribution >= 4 is 5.78 Å². The molecule has 0 aromatic carbocycles. The smallest absolute Gasteiger partial charge is 0.269 e. The van der Waals surface area contributed by atoms with Gasteiger partial charge in [0.1, 0.15) is 18.2 Å². The highest BCUT2D eigenvalue weighted by molar-refractivity contribution is 5.95. The summed E-state index contributed by atoms with van der Waals surface area (Å²) in [5.41, 5.74) is 0.0575. The van der Waals surface area contributed by atoms with Gasteiger partial charge in [-0.05, 0) is 19.9 Å². The lowest BCUT2D eigenvalue weighted by Gasteiger charge is -2.09. The molecular weight excluding hydrogens is 206 g/mol. The van der Waals surface area contributed by atoms with E-state index in [0.29, 0.717) is 11.3 Å². The summed E-state index contributed by atoms with van der Waals surface area (Å²) in [5, 5.41) is 17.3. The van der Waals surface area contributed by atoms with Gasteiger partial charge in [-0.25, -0.2) is 0 Å². The molecule has 0 amide bonds. The number of ketones is 1. The minimum Gasteiger partial charge on any atom is -0.297 e. The van der Waals surface area contributed by atoms with Crippen LogP contribution in [0.4, 0.5) is 0 Å². The summed E-state index contributed by atoms with van der Waals surface area (Å²) in [4.78, 5) is 23.0. The maximum absolute atomic E-state index is 11.7. The van der Waals surface area contributed by atoms with Crippen molar-refractivity contribution in [3.63, 3.8) is 0 Å². The second-order valence-electron chi connectivity index (χ2n) is 3.27. The monoisotopic (exact) mass is 215 g/mol. The number of aromatic nitrogens is 1. The lowest BCUT2D eigenvalue weighted by molar-refractivity contribution is 0.101. The minimum atomic E-state index is -0.536. The first-order chi connectivity index (χ1) is 7.52. The summed E-state index contributed by atoms with van der Waals surface area (Å²) >= 11 is 0. The highest BCUT2D eigenvalue weighted by Crippen LogP contribution is 2.08. The summed E-state index contributed by atoms with van der Waals surface area (Å²) in [7, 11) is 0. The molecule has 0 aliphatic heterocycles. The highest BCUT2D eigenvalue weighted by atomic mass is 16.1. The lowest BCUT2D eigenvalue weighted by Crippen LogP contribution is -2.26. The zero-order valence-corrected chi connectivity index (χ0v) is 8.94. The number of nitriles is 2. The molecule has 0 spiro atoms. The van der Waals surface area contributed by atoms with Gasteiger partial charge in [-0.2, -0.15) is 10.5 Å². The largest absolute Gasteiger partial charge is 0.297 e. The van der Waals surface area contributed by atoms with Crippen LogP contribution in [0.1, 0.15) is 28.5 Å². The summed E-state index contributed by atoms with van der Waals surface area (Å²) in [6, 6.07) is 4.82. The standard InChI is InChI=1S/C11H9N3O2/c1-7-10(8(2)15)5-9(6-13)11(16)14(7)4-3-12/h5H,4H2,1-2H3. The average molecular weight is 215 g/mol. The van der Waals surface area contributed by atoms with Crippen LogP contribution in [0.25, 0.3) is 0 Å². The van der Waals surface area contributed by atoms with Crippen molar-refractivity contribution in [2.24, 2.45) is 0 Å². The Morgan fingerprint density at radius 2 is 2.12 bits per heavy atom. The van der Waals surface area contributed by atoms with E-state index < -0.39 is 5.56 Å². The molecule has 1 aromatic heterocycles. The Labute approximate surface area is 92.2 Å².